The van der Waals surface area contributed by atoms with Gasteiger partial charge < -0.3 is 5.32 Å². The highest BCUT2D eigenvalue weighted by Gasteiger charge is 2.17. The maximum atomic E-state index is 13.3. The summed E-state index contributed by atoms with van der Waals surface area (Å²) in [6, 6.07) is 20.6. The van der Waals surface area contributed by atoms with Gasteiger partial charge in [-0.1, -0.05) is 29.8 Å². The van der Waals surface area contributed by atoms with E-state index in [1.807, 2.05) is 6.92 Å². The van der Waals surface area contributed by atoms with Gasteiger partial charge in [0.25, 0.3) is 5.91 Å². The molecule has 3 aromatic carbocycles. The van der Waals surface area contributed by atoms with Crippen LogP contribution in [-0.4, -0.2) is 24.1 Å². The minimum absolute atomic E-state index is 0.158. The number of amides is 1. The third-order valence-electron chi connectivity index (χ3n) is 5.10. The molecule has 0 atom stereocenters. The van der Waals surface area contributed by atoms with Crippen LogP contribution in [0.1, 0.15) is 27.2 Å². The molecule has 0 bridgehead atoms. The molecule has 0 spiro atoms. The number of benzene rings is 3. The molecule has 0 aliphatic rings. The quantitative estimate of drug-likeness (QED) is 0.443. The first-order chi connectivity index (χ1) is 15.7. The lowest BCUT2D eigenvalue weighted by atomic mass is 10.1. The van der Waals surface area contributed by atoms with Gasteiger partial charge in [0, 0.05) is 11.6 Å². The fourth-order valence-corrected chi connectivity index (χ4v) is 4.71. The number of rotatable bonds is 6. The van der Waals surface area contributed by atoms with Crippen molar-refractivity contribution in [3.05, 3.63) is 107 Å². The van der Waals surface area contributed by atoms with E-state index in [9.17, 15) is 17.6 Å². The van der Waals surface area contributed by atoms with E-state index in [-0.39, 0.29) is 22.4 Å². The van der Waals surface area contributed by atoms with Crippen molar-refractivity contribution in [3.8, 4) is 5.69 Å². The molecule has 0 saturated heterocycles. The number of aryl methyl sites for hydroxylation is 2. The number of hydrogen-bond donors (Lipinski definition) is 1. The number of anilines is 1. The average Bonchev–Trinajstić information content (AvgIpc) is 3.14. The minimum Gasteiger partial charge on any atom is -0.306 e. The normalized spacial score (nSPS) is 11.4. The molecule has 4 rings (SSSR count). The van der Waals surface area contributed by atoms with Crippen molar-refractivity contribution >= 4 is 21.6 Å². The Bertz CT molecular complexity index is 1390. The number of sulfone groups is 1. The molecule has 0 radical (unpaired) electrons. The van der Waals surface area contributed by atoms with Crippen LogP contribution in [0.4, 0.5) is 10.2 Å². The average molecular weight is 464 g/mol. The van der Waals surface area contributed by atoms with Crippen molar-refractivity contribution in [3.63, 3.8) is 0 Å². The number of hydrogen-bond acceptors (Lipinski definition) is 4. The SMILES string of the molecule is Cc1ccc(S(=O)(=O)Cc2ccc(C(=O)Nc3cc(C)nn3-c3ccc(F)cc3)cc2)cc1. The second-order valence-electron chi connectivity index (χ2n) is 7.78. The maximum absolute atomic E-state index is 13.3. The zero-order valence-electron chi connectivity index (χ0n) is 18.1. The highest BCUT2D eigenvalue weighted by atomic mass is 32.2. The van der Waals surface area contributed by atoms with Crippen LogP contribution >= 0.6 is 0 Å². The van der Waals surface area contributed by atoms with Gasteiger partial charge in [-0.15, -0.1) is 0 Å². The molecule has 1 aromatic heterocycles. The first-order valence-electron chi connectivity index (χ1n) is 10.2. The van der Waals surface area contributed by atoms with Crippen molar-refractivity contribution < 1.29 is 17.6 Å². The van der Waals surface area contributed by atoms with Gasteiger partial charge in [-0.05, 0) is 67.9 Å². The fourth-order valence-electron chi connectivity index (χ4n) is 3.36. The predicted molar refractivity (Wildman–Crippen MR) is 125 cm³/mol. The molecule has 0 aliphatic heterocycles. The number of aromatic nitrogens is 2. The van der Waals surface area contributed by atoms with Gasteiger partial charge in [-0.3, -0.25) is 4.79 Å². The third-order valence-corrected chi connectivity index (χ3v) is 6.80. The summed E-state index contributed by atoms with van der Waals surface area (Å²) in [5, 5.41) is 7.17. The second-order valence-corrected chi connectivity index (χ2v) is 9.77. The van der Waals surface area contributed by atoms with Crippen molar-refractivity contribution in [2.75, 3.05) is 5.32 Å². The van der Waals surface area contributed by atoms with Gasteiger partial charge in [0.1, 0.15) is 11.6 Å². The van der Waals surface area contributed by atoms with Crippen LogP contribution in [0.25, 0.3) is 5.69 Å². The van der Waals surface area contributed by atoms with E-state index in [2.05, 4.69) is 10.4 Å². The van der Waals surface area contributed by atoms with Crippen LogP contribution in [-0.2, 0) is 15.6 Å². The molecule has 0 saturated carbocycles. The summed E-state index contributed by atoms with van der Waals surface area (Å²) in [5.41, 5.74) is 3.23. The first-order valence-corrected chi connectivity index (χ1v) is 11.9. The molecule has 1 N–H and O–H groups in total. The summed E-state index contributed by atoms with van der Waals surface area (Å²) in [7, 11) is -3.49. The molecule has 8 heteroatoms. The van der Waals surface area contributed by atoms with Crippen LogP contribution in [0.3, 0.4) is 0 Å². The Kier molecular flexibility index (Phi) is 6.11. The molecule has 4 aromatic rings. The van der Waals surface area contributed by atoms with Gasteiger partial charge in [-0.2, -0.15) is 5.10 Å². The van der Waals surface area contributed by atoms with Crippen molar-refractivity contribution in [1.82, 2.24) is 9.78 Å². The topological polar surface area (TPSA) is 81.1 Å². The minimum atomic E-state index is -3.49. The number of nitrogens with one attached hydrogen (secondary N) is 1. The summed E-state index contributed by atoms with van der Waals surface area (Å²) in [6.45, 7) is 3.69. The molecule has 168 valence electrons. The van der Waals surface area contributed by atoms with Gasteiger partial charge in [0.2, 0.25) is 0 Å². The zero-order chi connectivity index (χ0) is 23.6. The van der Waals surface area contributed by atoms with Gasteiger partial charge in [0.15, 0.2) is 9.84 Å². The van der Waals surface area contributed by atoms with Crippen molar-refractivity contribution in [1.29, 1.82) is 0 Å². The predicted octanol–water partition coefficient (Wildman–Crippen LogP) is 4.85. The second kappa shape index (κ2) is 8.99. The molecular weight excluding hydrogens is 441 g/mol. The van der Waals surface area contributed by atoms with E-state index >= 15 is 0 Å². The molecule has 0 unspecified atom stereocenters. The molecule has 0 fully saturated rings. The zero-order valence-corrected chi connectivity index (χ0v) is 18.9. The summed E-state index contributed by atoms with van der Waals surface area (Å²) < 4.78 is 40.1. The van der Waals surface area contributed by atoms with Gasteiger partial charge >= 0.3 is 0 Å². The standard InChI is InChI=1S/C25H22FN3O3S/c1-17-3-13-23(14-4-17)33(31,32)16-19-5-7-20(8-6-19)25(30)27-24-15-18(2)28-29(24)22-11-9-21(26)10-12-22/h3-15H,16H2,1-2H3,(H,27,30). The third kappa shape index (κ3) is 5.18. The monoisotopic (exact) mass is 463 g/mol. The molecule has 1 heterocycles. The smallest absolute Gasteiger partial charge is 0.256 e. The van der Waals surface area contributed by atoms with Crippen molar-refractivity contribution in [2.24, 2.45) is 0 Å². The lowest BCUT2D eigenvalue weighted by Gasteiger charge is -2.10. The summed E-state index contributed by atoms with van der Waals surface area (Å²) >= 11 is 0. The number of carbonyl (C=O) groups excluding carboxylic acids is 1. The lowest BCUT2D eigenvalue weighted by Crippen LogP contribution is -2.15. The van der Waals surface area contributed by atoms with E-state index in [1.165, 1.54) is 16.8 Å². The Hall–Kier alpha value is -3.78. The Morgan fingerprint density at radius 1 is 0.939 bits per heavy atom. The Labute approximate surface area is 191 Å². The highest BCUT2D eigenvalue weighted by Crippen LogP contribution is 2.20. The first kappa shape index (κ1) is 22.4. The molecule has 33 heavy (non-hydrogen) atoms. The summed E-state index contributed by atoms with van der Waals surface area (Å²) in [4.78, 5) is 13.0. The van der Waals surface area contributed by atoms with Crippen LogP contribution in [0.15, 0.2) is 83.8 Å². The van der Waals surface area contributed by atoms with Crippen LogP contribution in [0.5, 0.6) is 0 Å². The maximum Gasteiger partial charge on any atom is 0.256 e. The molecule has 0 aliphatic carbocycles. The molecule has 6 nitrogen and oxygen atoms in total. The van der Waals surface area contributed by atoms with Crippen LogP contribution in [0.2, 0.25) is 0 Å². The highest BCUT2D eigenvalue weighted by molar-refractivity contribution is 7.90. The van der Waals surface area contributed by atoms with Crippen LogP contribution < -0.4 is 5.32 Å². The lowest BCUT2D eigenvalue weighted by molar-refractivity contribution is 0.102. The van der Waals surface area contributed by atoms with Crippen LogP contribution in [0, 0.1) is 19.7 Å². The number of nitrogens with zero attached hydrogens (tertiary/aromatic N) is 2. The van der Waals surface area contributed by atoms with Gasteiger partial charge in [0.05, 0.1) is 22.0 Å². The largest absolute Gasteiger partial charge is 0.306 e. The Morgan fingerprint density at radius 3 is 2.21 bits per heavy atom. The number of halogens is 1. The van der Waals surface area contributed by atoms with E-state index < -0.39 is 9.84 Å². The summed E-state index contributed by atoms with van der Waals surface area (Å²) in [5.74, 6) is -0.451. The number of carbonyl (C=O) groups is 1. The van der Waals surface area contributed by atoms with Crippen molar-refractivity contribution in [2.45, 2.75) is 24.5 Å². The van der Waals surface area contributed by atoms with E-state index in [1.54, 1.807) is 73.7 Å². The van der Waals surface area contributed by atoms with E-state index in [0.29, 0.717) is 28.3 Å². The molecular formula is C25H22FN3O3S. The molecule has 1 amide bonds. The Morgan fingerprint density at radius 2 is 1.58 bits per heavy atom. The fraction of sp³-hybridized carbons (Fsp3) is 0.120. The van der Waals surface area contributed by atoms with E-state index in [0.717, 1.165) is 5.56 Å². The van der Waals surface area contributed by atoms with Gasteiger partial charge in [-0.25, -0.2) is 17.5 Å². The summed E-state index contributed by atoms with van der Waals surface area (Å²) in [6.07, 6.45) is 0. The Balaban J connectivity index is 1.49. The van der Waals surface area contributed by atoms with E-state index in [4.69, 9.17) is 0 Å².